The largest absolute Gasteiger partial charge is 0.365 e. The minimum absolute atomic E-state index is 0.0657. The van der Waals surface area contributed by atoms with Crippen molar-refractivity contribution in [3.05, 3.63) is 59.4 Å². The Labute approximate surface area is 166 Å². The van der Waals surface area contributed by atoms with Crippen LogP contribution in [0, 0.1) is 12.3 Å². The minimum Gasteiger partial charge on any atom is -0.365 e. The summed E-state index contributed by atoms with van der Waals surface area (Å²) in [5.41, 5.74) is 2.92. The number of rotatable bonds is 3. The second-order valence-electron chi connectivity index (χ2n) is 8.33. The number of aromatic amines is 1. The molecule has 5 heteroatoms. The maximum atomic E-state index is 13.0. The normalized spacial score (nSPS) is 21.9. The van der Waals surface area contributed by atoms with E-state index < -0.39 is 0 Å². The van der Waals surface area contributed by atoms with Crippen LogP contribution in [0.3, 0.4) is 0 Å². The van der Waals surface area contributed by atoms with Crippen molar-refractivity contribution in [2.75, 3.05) is 26.2 Å². The van der Waals surface area contributed by atoms with Crippen LogP contribution in [-0.4, -0.2) is 52.8 Å². The lowest BCUT2D eigenvalue weighted by Gasteiger charge is -2.49. The average Bonchev–Trinajstić information content (AvgIpc) is 3.16. The summed E-state index contributed by atoms with van der Waals surface area (Å²) < 4.78 is 0. The Morgan fingerprint density at radius 1 is 1.18 bits per heavy atom. The number of likely N-dealkylation sites (N-methyl/N-ethyl adjacent to an activating group) is 1. The number of carbonyl (C=O) groups is 2. The third-order valence-electron chi connectivity index (χ3n) is 6.65. The maximum Gasteiger partial charge on any atom is 0.255 e. The van der Waals surface area contributed by atoms with Crippen LogP contribution >= 0.6 is 0 Å². The Hall–Kier alpha value is -2.56. The summed E-state index contributed by atoms with van der Waals surface area (Å²) in [6.45, 7) is 7.08. The number of likely N-dealkylation sites (tertiary alicyclic amines) is 2. The number of piperidine rings is 2. The number of H-pyrrole nitrogens is 1. The van der Waals surface area contributed by atoms with Crippen LogP contribution in [0.25, 0.3) is 0 Å². The van der Waals surface area contributed by atoms with Gasteiger partial charge in [0.1, 0.15) is 0 Å². The monoisotopic (exact) mass is 379 g/mol. The molecule has 3 heterocycles. The number of hydrogen-bond donors (Lipinski definition) is 1. The Morgan fingerprint density at radius 2 is 1.89 bits per heavy atom. The van der Waals surface area contributed by atoms with Crippen LogP contribution in [0.4, 0.5) is 0 Å². The number of aryl methyl sites for hydroxylation is 1. The fraction of sp³-hybridized carbons (Fsp3) is 0.478. The molecule has 1 N–H and O–H groups in total. The third-order valence-corrected chi connectivity index (χ3v) is 6.65. The first kappa shape index (κ1) is 18.8. The van der Waals surface area contributed by atoms with E-state index in [4.69, 9.17) is 0 Å². The molecule has 2 saturated heterocycles. The second-order valence-corrected chi connectivity index (χ2v) is 8.33. The van der Waals surface area contributed by atoms with Gasteiger partial charge in [-0.1, -0.05) is 30.3 Å². The molecule has 0 radical (unpaired) electrons. The van der Waals surface area contributed by atoms with Gasteiger partial charge in [-0.25, -0.2) is 0 Å². The van der Waals surface area contributed by atoms with Crippen molar-refractivity contribution in [3.8, 4) is 0 Å². The molecule has 0 unspecified atom stereocenters. The number of benzene rings is 1. The molecule has 1 atom stereocenters. The van der Waals surface area contributed by atoms with Crippen LogP contribution in [0.1, 0.15) is 53.7 Å². The molecule has 5 nitrogen and oxygen atoms in total. The van der Waals surface area contributed by atoms with E-state index in [1.165, 1.54) is 0 Å². The molecule has 0 aliphatic carbocycles. The lowest BCUT2D eigenvalue weighted by molar-refractivity contribution is -0.141. The predicted octanol–water partition coefficient (Wildman–Crippen LogP) is 3.58. The highest BCUT2D eigenvalue weighted by Crippen LogP contribution is 2.45. The van der Waals surface area contributed by atoms with Gasteiger partial charge in [0, 0.05) is 38.1 Å². The minimum atomic E-state index is -0.0657. The highest BCUT2D eigenvalue weighted by Gasteiger charge is 2.46. The van der Waals surface area contributed by atoms with Gasteiger partial charge in [-0.15, -0.1) is 0 Å². The maximum absolute atomic E-state index is 13.0. The van der Waals surface area contributed by atoms with Crippen LogP contribution in [-0.2, 0) is 4.79 Å². The van der Waals surface area contributed by atoms with Crippen LogP contribution in [0.15, 0.2) is 42.6 Å². The van der Waals surface area contributed by atoms with E-state index in [1.54, 1.807) is 0 Å². The van der Waals surface area contributed by atoms with Gasteiger partial charge in [-0.2, -0.15) is 0 Å². The van der Waals surface area contributed by atoms with Crippen LogP contribution in [0.2, 0.25) is 0 Å². The predicted molar refractivity (Wildman–Crippen MR) is 109 cm³/mol. The topological polar surface area (TPSA) is 56.4 Å². The summed E-state index contributed by atoms with van der Waals surface area (Å²) in [6.07, 6.45) is 4.62. The van der Waals surface area contributed by atoms with Crippen molar-refractivity contribution in [2.45, 2.75) is 39.0 Å². The Bertz CT molecular complexity index is 850. The molecule has 1 aromatic heterocycles. The summed E-state index contributed by atoms with van der Waals surface area (Å²) in [6, 6.07) is 12.0. The second kappa shape index (κ2) is 7.46. The first-order chi connectivity index (χ1) is 13.5. The van der Waals surface area contributed by atoms with E-state index in [1.807, 2.05) is 47.2 Å². The molecule has 0 bridgehead atoms. The summed E-state index contributed by atoms with van der Waals surface area (Å²) in [5, 5.41) is 0. The Morgan fingerprint density at radius 3 is 2.50 bits per heavy atom. The summed E-state index contributed by atoms with van der Waals surface area (Å²) in [4.78, 5) is 33.0. The van der Waals surface area contributed by atoms with E-state index in [2.05, 4.69) is 24.0 Å². The Balaban J connectivity index is 1.51. The number of nitrogens with one attached hydrogen (secondary N) is 1. The number of amides is 2. The SMILES string of the molecule is CCN1CC2(CCN(C(=O)c3cc[nH]c3C)CC2)C[C@@H](c2ccccc2)C1=O. The first-order valence-electron chi connectivity index (χ1n) is 10.3. The van der Waals surface area contributed by atoms with Gasteiger partial charge in [0.15, 0.2) is 0 Å². The van der Waals surface area contributed by atoms with Gasteiger partial charge in [-0.3, -0.25) is 9.59 Å². The molecule has 1 spiro atoms. The fourth-order valence-corrected chi connectivity index (χ4v) is 4.90. The molecule has 2 fully saturated rings. The van der Waals surface area contributed by atoms with Gasteiger partial charge in [0.25, 0.3) is 5.91 Å². The highest BCUT2D eigenvalue weighted by atomic mass is 16.2. The zero-order valence-electron chi connectivity index (χ0n) is 16.8. The van der Waals surface area contributed by atoms with E-state index in [0.29, 0.717) is 0 Å². The molecule has 0 saturated carbocycles. The summed E-state index contributed by atoms with van der Waals surface area (Å²) in [5.74, 6) is 0.303. The molecule has 4 rings (SSSR count). The molecular formula is C23H29N3O2. The van der Waals surface area contributed by atoms with Crippen LogP contribution < -0.4 is 0 Å². The lowest BCUT2D eigenvalue weighted by Crippen LogP contribution is -2.54. The molecule has 2 amide bonds. The van der Waals surface area contributed by atoms with Crippen molar-refractivity contribution in [3.63, 3.8) is 0 Å². The zero-order valence-corrected chi connectivity index (χ0v) is 16.8. The summed E-state index contributed by atoms with van der Waals surface area (Å²) >= 11 is 0. The van der Waals surface area contributed by atoms with Crippen molar-refractivity contribution in [1.29, 1.82) is 0 Å². The average molecular weight is 380 g/mol. The van der Waals surface area contributed by atoms with Gasteiger partial charge in [0.05, 0.1) is 11.5 Å². The Kier molecular flexibility index (Phi) is 5.00. The van der Waals surface area contributed by atoms with E-state index in [9.17, 15) is 9.59 Å². The van der Waals surface area contributed by atoms with Crippen molar-refractivity contribution in [1.82, 2.24) is 14.8 Å². The smallest absolute Gasteiger partial charge is 0.255 e. The molecule has 28 heavy (non-hydrogen) atoms. The van der Waals surface area contributed by atoms with Crippen LogP contribution in [0.5, 0.6) is 0 Å². The van der Waals surface area contributed by atoms with Gasteiger partial charge in [-0.05, 0) is 50.2 Å². The van der Waals surface area contributed by atoms with Crippen molar-refractivity contribution in [2.24, 2.45) is 5.41 Å². The number of nitrogens with zero attached hydrogens (tertiary/aromatic N) is 2. The molecule has 2 aliphatic heterocycles. The highest BCUT2D eigenvalue weighted by molar-refractivity contribution is 5.95. The first-order valence-corrected chi connectivity index (χ1v) is 10.3. The fourth-order valence-electron chi connectivity index (χ4n) is 4.90. The number of aromatic nitrogens is 1. The molecule has 148 valence electrons. The molecule has 2 aliphatic rings. The van der Waals surface area contributed by atoms with Crippen molar-refractivity contribution >= 4 is 11.8 Å². The quantitative estimate of drug-likeness (QED) is 0.886. The zero-order chi connectivity index (χ0) is 19.7. The van der Waals surface area contributed by atoms with Gasteiger partial charge >= 0.3 is 0 Å². The number of hydrogen-bond acceptors (Lipinski definition) is 2. The third kappa shape index (κ3) is 3.34. The lowest BCUT2D eigenvalue weighted by atomic mass is 9.67. The summed E-state index contributed by atoms with van der Waals surface area (Å²) in [7, 11) is 0. The van der Waals surface area contributed by atoms with E-state index in [0.717, 1.165) is 62.3 Å². The van der Waals surface area contributed by atoms with Gasteiger partial charge < -0.3 is 14.8 Å². The molecule has 2 aromatic rings. The van der Waals surface area contributed by atoms with Crippen molar-refractivity contribution < 1.29 is 9.59 Å². The van der Waals surface area contributed by atoms with E-state index in [-0.39, 0.29) is 23.1 Å². The van der Waals surface area contributed by atoms with Gasteiger partial charge in [0.2, 0.25) is 5.91 Å². The van der Waals surface area contributed by atoms with E-state index >= 15 is 0 Å². The molecular weight excluding hydrogens is 350 g/mol. The molecule has 1 aromatic carbocycles. The standard InChI is InChI=1S/C23H29N3O2/c1-3-25-16-23(15-20(22(25)28)18-7-5-4-6-8-18)10-13-26(14-11-23)21(27)19-9-12-24-17(19)2/h4-9,12,20,24H,3,10-11,13-16H2,1-2H3/t20-/m0/s1. The number of carbonyl (C=O) groups excluding carboxylic acids is 2.